The van der Waals surface area contributed by atoms with Gasteiger partial charge in [-0.05, 0) is 61.7 Å². The predicted octanol–water partition coefficient (Wildman–Crippen LogP) is 4.93. The van der Waals surface area contributed by atoms with Crippen molar-refractivity contribution in [3.63, 3.8) is 0 Å². The van der Waals surface area contributed by atoms with Crippen molar-refractivity contribution in [1.82, 2.24) is 4.57 Å². The molecule has 0 N–H and O–H groups in total. The van der Waals surface area contributed by atoms with Crippen molar-refractivity contribution in [2.24, 2.45) is 4.99 Å². The number of non-ortho nitro benzene ring substituents is 1. The molecule has 30 heavy (non-hydrogen) atoms. The quantitative estimate of drug-likeness (QED) is 0.397. The van der Waals surface area contributed by atoms with Crippen molar-refractivity contribution in [3.8, 4) is 17.0 Å². The molecular weight excluding hydrogens is 402 g/mol. The Morgan fingerprint density at radius 1 is 1.23 bits per heavy atom. The highest BCUT2D eigenvalue weighted by atomic mass is 32.1. The Hall–Kier alpha value is -2.97. The van der Waals surface area contributed by atoms with Crippen molar-refractivity contribution in [2.45, 2.75) is 32.4 Å². The fourth-order valence-electron chi connectivity index (χ4n) is 3.47. The molecule has 1 atom stereocenters. The molecule has 156 valence electrons. The van der Waals surface area contributed by atoms with Crippen LogP contribution in [0.1, 0.15) is 19.8 Å². The number of ether oxygens (including phenoxy) is 2. The lowest BCUT2D eigenvalue weighted by atomic mass is 10.1. The molecule has 2 aromatic carbocycles. The number of rotatable bonds is 7. The Morgan fingerprint density at radius 2 is 2.00 bits per heavy atom. The average Bonchev–Trinajstić information content (AvgIpc) is 3.41. The third-order valence-corrected chi connectivity index (χ3v) is 5.82. The van der Waals surface area contributed by atoms with Crippen LogP contribution in [0.25, 0.3) is 11.3 Å². The minimum Gasteiger partial charge on any atom is -0.494 e. The van der Waals surface area contributed by atoms with Gasteiger partial charge in [0.15, 0.2) is 4.80 Å². The van der Waals surface area contributed by atoms with Crippen LogP contribution in [0, 0.1) is 10.1 Å². The monoisotopic (exact) mass is 425 g/mol. The molecule has 0 amide bonds. The molecule has 2 heterocycles. The Bertz CT molecular complexity index is 1070. The van der Waals surface area contributed by atoms with Gasteiger partial charge in [0.2, 0.25) is 0 Å². The number of nitrogens with zero attached hydrogens (tertiary/aromatic N) is 3. The standard InChI is InChI=1S/C22H23N3O4S/c1-2-28-19-11-7-17(8-12-19)23-22-24(14-20-4-3-13-29-20)21(15-30-22)16-5-9-18(10-6-16)25(26)27/h5-12,15,20H,2-4,13-14H2,1H3. The van der Waals surface area contributed by atoms with Crippen molar-refractivity contribution >= 4 is 22.7 Å². The van der Waals surface area contributed by atoms with E-state index in [9.17, 15) is 10.1 Å². The number of benzene rings is 2. The summed E-state index contributed by atoms with van der Waals surface area (Å²) in [4.78, 5) is 16.3. The highest BCUT2D eigenvalue weighted by Crippen LogP contribution is 2.25. The third kappa shape index (κ3) is 4.60. The lowest BCUT2D eigenvalue weighted by Gasteiger charge is -2.14. The van der Waals surface area contributed by atoms with Crippen LogP contribution >= 0.6 is 11.3 Å². The van der Waals surface area contributed by atoms with Crippen LogP contribution in [0.5, 0.6) is 5.75 Å². The maximum absolute atomic E-state index is 11.0. The number of hydrogen-bond acceptors (Lipinski definition) is 6. The van der Waals surface area contributed by atoms with E-state index in [4.69, 9.17) is 14.5 Å². The molecule has 0 spiro atoms. The van der Waals surface area contributed by atoms with Crippen LogP contribution in [-0.2, 0) is 11.3 Å². The highest BCUT2D eigenvalue weighted by molar-refractivity contribution is 7.07. The van der Waals surface area contributed by atoms with Gasteiger partial charge >= 0.3 is 0 Å². The zero-order valence-corrected chi connectivity index (χ0v) is 17.5. The zero-order valence-electron chi connectivity index (χ0n) is 16.7. The molecule has 1 saturated heterocycles. The first-order chi connectivity index (χ1) is 14.6. The highest BCUT2D eigenvalue weighted by Gasteiger charge is 2.19. The first-order valence-corrected chi connectivity index (χ1v) is 10.8. The minimum absolute atomic E-state index is 0.0824. The van der Waals surface area contributed by atoms with Gasteiger partial charge in [-0.15, -0.1) is 11.3 Å². The van der Waals surface area contributed by atoms with Crippen LogP contribution in [0.15, 0.2) is 58.9 Å². The summed E-state index contributed by atoms with van der Waals surface area (Å²) in [5.74, 6) is 0.821. The summed E-state index contributed by atoms with van der Waals surface area (Å²) < 4.78 is 13.5. The number of hydrogen-bond donors (Lipinski definition) is 0. The molecule has 8 heteroatoms. The topological polar surface area (TPSA) is 78.9 Å². The van der Waals surface area contributed by atoms with Gasteiger partial charge in [0, 0.05) is 24.1 Å². The van der Waals surface area contributed by atoms with Crippen molar-refractivity contribution in [2.75, 3.05) is 13.2 Å². The Labute approximate surface area is 178 Å². The van der Waals surface area contributed by atoms with Gasteiger partial charge in [-0.3, -0.25) is 10.1 Å². The molecule has 1 unspecified atom stereocenters. The lowest BCUT2D eigenvalue weighted by Crippen LogP contribution is -2.24. The minimum atomic E-state index is -0.384. The number of thiazole rings is 1. The van der Waals surface area contributed by atoms with Gasteiger partial charge in [-0.2, -0.15) is 0 Å². The normalized spacial score (nSPS) is 16.7. The van der Waals surface area contributed by atoms with Gasteiger partial charge in [0.1, 0.15) is 5.75 Å². The number of nitro groups is 1. The maximum Gasteiger partial charge on any atom is 0.269 e. The summed E-state index contributed by atoms with van der Waals surface area (Å²) >= 11 is 1.55. The van der Waals surface area contributed by atoms with Crippen LogP contribution in [0.2, 0.25) is 0 Å². The zero-order chi connectivity index (χ0) is 20.9. The molecule has 0 aliphatic carbocycles. The van der Waals surface area contributed by atoms with Gasteiger partial charge in [-0.1, -0.05) is 0 Å². The van der Waals surface area contributed by atoms with E-state index in [1.165, 1.54) is 12.1 Å². The fourth-order valence-corrected chi connectivity index (χ4v) is 4.40. The first kappa shape index (κ1) is 20.3. The Morgan fingerprint density at radius 3 is 2.63 bits per heavy atom. The number of nitro benzene ring substituents is 1. The van der Waals surface area contributed by atoms with Crippen molar-refractivity contribution in [1.29, 1.82) is 0 Å². The average molecular weight is 426 g/mol. The van der Waals surface area contributed by atoms with Gasteiger partial charge in [-0.25, -0.2) is 4.99 Å². The fraction of sp³-hybridized carbons (Fsp3) is 0.318. The molecule has 4 rings (SSSR count). The van der Waals surface area contributed by atoms with E-state index in [-0.39, 0.29) is 16.7 Å². The molecule has 0 radical (unpaired) electrons. The third-order valence-electron chi connectivity index (χ3n) is 4.95. The SMILES string of the molecule is CCOc1ccc(N=c2scc(-c3ccc([N+](=O)[O-])cc3)n2CC2CCCO2)cc1. The second-order valence-corrected chi connectivity index (χ2v) is 7.83. The van der Waals surface area contributed by atoms with Crippen LogP contribution in [0.3, 0.4) is 0 Å². The lowest BCUT2D eigenvalue weighted by molar-refractivity contribution is -0.384. The second-order valence-electron chi connectivity index (χ2n) is 6.99. The van der Waals surface area contributed by atoms with Crippen molar-refractivity contribution in [3.05, 3.63) is 68.8 Å². The molecule has 1 aliphatic rings. The van der Waals surface area contributed by atoms with E-state index in [1.54, 1.807) is 23.5 Å². The molecule has 0 saturated carbocycles. The summed E-state index contributed by atoms with van der Waals surface area (Å²) in [5.41, 5.74) is 2.83. The Kier molecular flexibility index (Phi) is 6.25. The van der Waals surface area contributed by atoms with Gasteiger partial charge in [0.25, 0.3) is 5.69 Å². The van der Waals surface area contributed by atoms with Gasteiger partial charge < -0.3 is 14.0 Å². The van der Waals surface area contributed by atoms with E-state index in [0.29, 0.717) is 13.2 Å². The predicted molar refractivity (Wildman–Crippen MR) is 116 cm³/mol. The molecule has 1 aliphatic heterocycles. The summed E-state index contributed by atoms with van der Waals surface area (Å²) in [6.07, 6.45) is 2.23. The van der Waals surface area contributed by atoms with Crippen molar-refractivity contribution < 1.29 is 14.4 Å². The second kappa shape index (κ2) is 9.23. The molecule has 3 aromatic rings. The first-order valence-electron chi connectivity index (χ1n) is 9.96. The van der Waals surface area contributed by atoms with Crippen LogP contribution in [0.4, 0.5) is 11.4 Å². The molecule has 7 nitrogen and oxygen atoms in total. The summed E-state index contributed by atoms with van der Waals surface area (Å²) in [7, 11) is 0. The van der Waals surface area contributed by atoms with Crippen LogP contribution < -0.4 is 9.54 Å². The van der Waals surface area contributed by atoms with E-state index >= 15 is 0 Å². The maximum atomic E-state index is 11.0. The van der Waals surface area contributed by atoms with E-state index in [0.717, 1.165) is 46.9 Å². The van der Waals surface area contributed by atoms with E-state index in [1.807, 2.05) is 36.6 Å². The van der Waals surface area contributed by atoms with Crippen LogP contribution in [-0.4, -0.2) is 28.8 Å². The smallest absolute Gasteiger partial charge is 0.269 e. The largest absolute Gasteiger partial charge is 0.494 e. The summed E-state index contributed by atoms with van der Waals surface area (Å²) in [6, 6.07) is 14.3. The molecule has 1 aromatic heterocycles. The number of aromatic nitrogens is 1. The van der Waals surface area contributed by atoms with E-state index in [2.05, 4.69) is 4.57 Å². The summed E-state index contributed by atoms with van der Waals surface area (Å²) in [6.45, 7) is 4.07. The molecule has 1 fully saturated rings. The summed E-state index contributed by atoms with van der Waals surface area (Å²) in [5, 5.41) is 13.0. The Balaban J connectivity index is 1.71. The molecule has 0 bridgehead atoms. The van der Waals surface area contributed by atoms with Gasteiger partial charge in [0.05, 0.1) is 35.6 Å². The van der Waals surface area contributed by atoms with E-state index < -0.39 is 0 Å². The molecular formula is C22H23N3O4S.